The molecule has 40 heavy (non-hydrogen) atoms. The van der Waals surface area contributed by atoms with Gasteiger partial charge in [0.25, 0.3) is 0 Å². The molecule has 2 aromatic heterocycles. The summed E-state index contributed by atoms with van der Waals surface area (Å²) in [7, 11) is 0. The van der Waals surface area contributed by atoms with Gasteiger partial charge in [-0.2, -0.15) is 0 Å². The number of imidazole rings is 1. The maximum Gasteiger partial charge on any atom is 0.306 e. The fraction of sp³-hybridized carbons (Fsp3) is 0.333. The molecule has 0 saturated carbocycles. The van der Waals surface area contributed by atoms with Gasteiger partial charge in [-0.3, -0.25) is 9.59 Å². The number of carbonyl (C=O) groups excluding carboxylic acids is 2. The Kier molecular flexibility index (Phi) is 7.27. The predicted octanol–water partition coefficient (Wildman–Crippen LogP) is 5.90. The molecule has 4 aromatic rings. The largest absolute Gasteiger partial charge is 0.469 e. The molecule has 0 bridgehead atoms. The van der Waals surface area contributed by atoms with E-state index in [0.29, 0.717) is 24.3 Å². The van der Waals surface area contributed by atoms with Crippen LogP contribution in [-0.2, 0) is 14.3 Å². The summed E-state index contributed by atoms with van der Waals surface area (Å²) in [5, 5.41) is 4.51. The molecule has 1 saturated heterocycles. The summed E-state index contributed by atoms with van der Waals surface area (Å²) in [6.07, 6.45) is 1.39. The second-order valence-electron chi connectivity index (χ2n) is 10.9. The lowest BCUT2D eigenvalue weighted by Crippen LogP contribution is -2.27. The van der Waals surface area contributed by atoms with Crippen LogP contribution < -0.4 is 9.64 Å². The molecule has 1 fully saturated rings. The minimum atomic E-state index is -0.774. The molecule has 0 aliphatic carbocycles. The number of hydrogen-bond donors (Lipinski definition) is 0. The molecule has 1 aliphatic rings. The van der Waals surface area contributed by atoms with Crippen LogP contribution in [0.2, 0.25) is 0 Å². The molecule has 8 nitrogen and oxygen atoms in total. The van der Waals surface area contributed by atoms with E-state index in [1.807, 2.05) is 45.0 Å². The van der Waals surface area contributed by atoms with Crippen molar-refractivity contribution in [3.05, 3.63) is 78.0 Å². The van der Waals surface area contributed by atoms with E-state index in [-0.39, 0.29) is 35.7 Å². The first-order chi connectivity index (χ1) is 19.0. The van der Waals surface area contributed by atoms with Crippen LogP contribution in [0, 0.1) is 17.6 Å². The van der Waals surface area contributed by atoms with E-state index in [1.165, 1.54) is 0 Å². The van der Waals surface area contributed by atoms with Crippen LogP contribution in [0.15, 0.2) is 60.8 Å². The molecule has 208 valence electrons. The molecular formula is C30H30F2N4O4. The Bertz CT molecular complexity index is 1560. The van der Waals surface area contributed by atoms with Crippen molar-refractivity contribution in [2.24, 2.45) is 5.92 Å². The summed E-state index contributed by atoms with van der Waals surface area (Å²) < 4.78 is 40.7. The number of nitrogens with zero attached hydrogens (tertiary/aromatic N) is 4. The third-order valence-corrected chi connectivity index (χ3v) is 6.59. The Balaban J connectivity index is 1.31. The van der Waals surface area contributed by atoms with Gasteiger partial charge in [0.2, 0.25) is 11.8 Å². The van der Waals surface area contributed by atoms with Gasteiger partial charge in [-0.15, -0.1) is 5.10 Å². The lowest BCUT2D eigenvalue weighted by molar-refractivity contribution is -0.155. The van der Waals surface area contributed by atoms with Crippen molar-refractivity contribution < 1.29 is 27.8 Å². The van der Waals surface area contributed by atoms with Gasteiger partial charge in [-0.05, 0) is 70.0 Å². The first-order valence-electron chi connectivity index (χ1n) is 13.1. The maximum atomic E-state index is 14.2. The molecule has 0 N–H and O–H groups in total. The molecule has 5 rings (SSSR count). The van der Waals surface area contributed by atoms with E-state index in [2.05, 4.69) is 10.1 Å². The highest BCUT2D eigenvalue weighted by atomic mass is 19.1. The van der Waals surface area contributed by atoms with Crippen LogP contribution in [0.5, 0.6) is 5.88 Å². The Hall–Kier alpha value is -4.34. The fourth-order valence-electron chi connectivity index (χ4n) is 4.79. The highest BCUT2D eigenvalue weighted by Gasteiger charge is 2.33. The molecule has 3 heterocycles. The highest BCUT2D eigenvalue weighted by molar-refractivity contribution is 5.96. The Morgan fingerprint density at radius 1 is 1.10 bits per heavy atom. The normalized spacial score (nSPS) is 16.4. The fourth-order valence-corrected chi connectivity index (χ4v) is 4.79. The summed E-state index contributed by atoms with van der Waals surface area (Å²) in [5.41, 5.74) is 2.34. The van der Waals surface area contributed by atoms with Crippen LogP contribution in [0.25, 0.3) is 16.9 Å². The van der Waals surface area contributed by atoms with E-state index >= 15 is 0 Å². The molecule has 10 heteroatoms. The number of hydrogen-bond acceptors (Lipinski definition) is 6. The van der Waals surface area contributed by atoms with Crippen LogP contribution in [0.1, 0.15) is 52.2 Å². The van der Waals surface area contributed by atoms with Crippen molar-refractivity contribution >= 4 is 23.2 Å². The number of benzene rings is 2. The van der Waals surface area contributed by atoms with Crippen molar-refractivity contribution in [1.29, 1.82) is 0 Å². The topological polar surface area (TPSA) is 86.0 Å². The second kappa shape index (κ2) is 10.7. The summed E-state index contributed by atoms with van der Waals surface area (Å²) in [6, 6.07) is 14.0. The Morgan fingerprint density at radius 2 is 1.85 bits per heavy atom. The van der Waals surface area contributed by atoms with Crippen LogP contribution >= 0.6 is 0 Å². The summed E-state index contributed by atoms with van der Waals surface area (Å²) in [4.78, 5) is 31.0. The van der Waals surface area contributed by atoms with Gasteiger partial charge >= 0.3 is 5.97 Å². The number of aromatic nitrogens is 3. The smallest absolute Gasteiger partial charge is 0.306 e. The molecular weight excluding hydrogens is 518 g/mol. The molecule has 1 unspecified atom stereocenters. The van der Waals surface area contributed by atoms with Gasteiger partial charge in [-0.1, -0.05) is 12.1 Å². The number of rotatable bonds is 7. The number of ether oxygens (including phenoxy) is 2. The number of carbonyl (C=O) groups is 2. The van der Waals surface area contributed by atoms with Gasteiger partial charge in [0, 0.05) is 35.8 Å². The lowest BCUT2D eigenvalue weighted by Gasteiger charge is -2.21. The quantitative estimate of drug-likeness (QED) is 0.267. The summed E-state index contributed by atoms with van der Waals surface area (Å²) >= 11 is 0. The van der Waals surface area contributed by atoms with Gasteiger partial charge in [0.1, 0.15) is 23.3 Å². The molecule has 2 atom stereocenters. The van der Waals surface area contributed by atoms with Gasteiger partial charge in [-0.25, -0.2) is 18.3 Å². The molecule has 0 radical (unpaired) electrons. The van der Waals surface area contributed by atoms with Crippen LogP contribution in [0.3, 0.4) is 0 Å². The molecule has 0 spiro atoms. The zero-order chi connectivity index (χ0) is 28.6. The SMILES string of the molecule is CC(Oc1ccc2ncc(-c3ccc(N4C[C@@H](CC(=O)OC(C)(C)C)CC4=O)cc3)n2n1)c1cc(F)ccc1F. The van der Waals surface area contributed by atoms with Gasteiger partial charge in [0.05, 0.1) is 18.3 Å². The van der Waals surface area contributed by atoms with Gasteiger partial charge < -0.3 is 14.4 Å². The van der Waals surface area contributed by atoms with Crippen molar-refractivity contribution in [2.75, 3.05) is 11.4 Å². The van der Waals surface area contributed by atoms with E-state index < -0.39 is 23.3 Å². The van der Waals surface area contributed by atoms with Gasteiger partial charge in [0.15, 0.2) is 5.65 Å². The molecule has 1 aliphatic heterocycles. The van der Waals surface area contributed by atoms with Crippen molar-refractivity contribution in [1.82, 2.24) is 14.6 Å². The number of halogens is 2. The summed E-state index contributed by atoms with van der Waals surface area (Å²) in [6.45, 7) is 7.52. The average Bonchev–Trinajstić information content (AvgIpc) is 3.47. The second-order valence-corrected chi connectivity index (χ2v) is 10.9. The number of fused-ring (bicyclic) bond motifs is 1. The van der Waals surface area contributed by atoms with Crippen molar-refractivity contribution in [3.63, 3.8) is 0 Å². The van der Waals surface area contributed by atoms with E-state index in [4.69, 9.17) is 9.47 Å². The third-order valence-electron chi connectivity index (χ3n) is 6.59. The lowest BCUT2D eigenvalue weighted by atomic mass is 10.0. The van der Waals surface area contributed by atoms with E-state index in [9.17, 15) is 18.4 Å². The van der Waals surface area contributed by atoms with E-state index in [1.54, 1.807) is 34.7 Å². The predicted molar refractivity (Wildman–Crippen MR) is 145 cm³/mol. The average molecular weight is 549 g/mol. The standard InChI is InChI=1S/C30H30F2N4O4/c1-18(23-15-21(31)7-10-24(23)32)39-27-12-11-26-33-16-25(36(26)34-27)20-5-8-22(9-6-20)35-17-19(13-28(35)37)14-29(38)40-30(2,3)4/h5-12,15-16,18-19H,13-14,17H2,1-4H3/t18?,19-/m1/s1. The Labute approximate surface area is 230 Å². The molecule has 2 aromatic carbocycles. The van der Waals surface area contributed by atoms with Crippen LogP contribution in [-0.4, -0.2) is 38.6 Å². The number of amides is 1. The number of anilines is 1. The zero-order valence-corrected chi connectivity index (χ0v) is 22.7. The van der Waals surface area contributed by atoms with Crippen molar-refractivity contribution in [3.8, 4) is 17.1 Å². The van der Waals surface area contributed by atoms with Crippen molar-refractivity contribution in [2.45, 2.75) is 52.2 Å². The number of esters is 1. The Morgan fingerprint density at radius 3 is 2.58 bits per heavy atom. The minimum Gasteiger partial charge on any atom is -0.469 e. The first kappa shape index (κ1) is 27.2. The zero-order valence-electron chi connectivity index (χ0n) is 22.7. The highest BCUT2D eigenvalue weighted by Crippen LogP contribution is 2.31. The molecule has 1 amide bonds. The third kappa shape index (κ3) is 5.95. The first-order valence-corrected chi connectivity index (χ1v) is 13.1. The van der Waals surface area contributed by atoms with E-state index in [0.717, 1.165) is 29.4 Å². The monoisotopic (exact) mass is 548 g/mol. The summed E-state index contributed by atoms with van der Waals surface area (Å²) in [5.74, 6) is -1.34. The minimum absolute atomic E-state index is 0.0385. The van der Waals surface area contributed by atoms with Crippen LogP contribution in [0.4, 0.5) is 14.5 Å². The maximum absolute atomic E-state index is 14.2.